The molecule has 1 saturated heterocycles. The van der Waals surface area contributed by atoms with E-state index in [1.54, 1.807) is 6.20 Å². The SMILES string of the molecule is Cl.Cl.N=C(N)c1ccc(N2CCCC2)nc1. The number of amidine groups is 1. The van der Waals surface area contributed by atoms with Gasteiger partial charge in [-0.3, -0.25) is 5.41 Å². The molecule has 2 heterocycles. The van der Waals surface area contributed by atoms with Gasteiger partial charge in [0.05, 0.1) is 0 Å². The first-order chi connectivity index (χ1) is 6.77. The molecule has 0 saturated carbocycles. The number of hydrogen-bond donors (Lipinski definition) is 2. The van der Waals surface area contributed by atoms with Crippen molar-refractivity contribution in [2.45, 2.75) is 12.8 Å². The van der Waals surface area contributed by atoms with Gasteiger partial charge in [-0.1, -0.05) is 0 Å². The zero-order chi connectivity index (χ0) is 9.97. The van der Waals surface area contributed by atoms with Gasteiger partial charge in [0.2, 0.25) is 0 Å². The number of hydrogen-bond acceptors (Lipinski definition) is 3. The topological polar surface area (TPSA) is 66.0 Å². The summed E-state index contributed by atoms with van der Waals surface area (Å²) >= 11 is 0. The quantitative estimate of drug-likeness (QED) is 0.631. The molecule has 0 radical (unpaired) electrons. The average Bonchev–Trinajstić information content (AvgIpc) is 2.71. The third kappa shape index (κ3) is 3.25. The summed E-state index contributed by atoms with van der Waals surface area (Å²) in [5.41, 5.74) is 6.03. The maximum atomic E-state index is 7.24. The fourth-order valence-electron chi connectivity index (χ4n) is 1.68. The summed E-state index contributed by atoms with van der Waals surface area (Å²) < 4.78 is 0. The highest BCUT2D eigenvalue weighted by Gasteiger charge is 2.12. The first kappa shape index (κ1) is 15.0. The third-order valence-electron chi connectivity index (χ3n) is 2.49. The van der Waals surface area contributed by atoms with Crippen molar-refractivity contribution in [1.82, 2.24) is 4.98 Å². The zero-order valence-corrected chi connectivity index (χ0v) is 10.5. The summed E-state index contributed by atoms with van der Waals surface area (Å²) in [6, 6.07) is 3.78. The number of halogens is 2. The number of rotatable bonds is 2. The standard InChI is InChI=1S/C10H14N4.2ClH/c11-10(12)8-3-4-9(13-7-8)14-5-1-2-6-14;;/h3-4,7H,1-2,5-6H2,(H3,11,12);2*1H. The predicted octanol–water partition coefficient (Wildman–Crippen LogP) is 1.81. The van der Waals surface area contributed by atoms with Crippen molar-refractivity contribution in [3.63, 3.8) is 0 Å². The van der Waals surface area contributed by atoms with Crippen LogP contribution < -0.4 is 10.6 Å². The second-order valence-electron chi connectivity index (χ2n) is 3.51. The molecule has 1 aliphatic heterocycles. The van der Waals surface area contributed by atoms with E-state index in [1.807, 2.05) is 12.1 Å². The lowest BCUT2D eigenvalue weighted by atomic mass is 10.2. The highest BCUT2D eigenvalue weighted by Crippen LogP contribution is 2.17. The summed E-state index contributed by atoms with van der Waals surface area (Å²) in [5.74, 6) is 1.07. The maximum Gasteiger partial charge on any atom is 0.128 e. The second-order valence-corrected chi connectivity index (χ2v) is 3.51. The van der Waals surface area contributed by atoms with Gasteiger partial charge in [-0.25, -0.2) is 4.98 Å². The van der Waals surface area contributed by atoms with Crippen LogP contribution in [-0.4, -0.2) is 23.9 Å². The van der Waals surface area contributed by atoms with Crippen LogP contribution in [-0.2, 0) is 0 Å². The van der Waals surface area contributed by atoms with E-state index in [0.29, 0.717) is 5.56 Å². The molecule has 1 aromatic rings. The zero-order valence-electron chi connectivity index (χ0n) is 8.85. The van der Waals surface area contributed by atoms with Gasteiger partial charge in [0.15, 0.2) is 0 Å². The highest BCUT2D eigenvalue weighted by molar-refractivity contribution is 5.94. The molecule has 1 aromatic heterocycles. The van der Waals surface area contributed by atoms with Crippen molar-refractivity contribution in [3.05, 3.63) is 23.9 Å². The van der Waals surface area contributed by atoms with Gasteiger partial charge in [-0.05, 0) is 25.0 Å². The molecule has 0 aliphatic carbocycles. The van der Waals surface area contributed by atoms with E-state index >= 15 is 0 Å². The number of nitrogens with one attached hydrogen (secondary N) is 1. The van der Waals surface area contributed by atoms with Crippen LogP contribution in [0.15, 0.2) is 18.3 Å². The lowest BCUT2D eigenvalue weighted by molar-refractivity contribution is 0.937. The van der Waals surface area contributed by atoms with Crippen LogP contribution in [0.5, 0.6) is 0 Å². The van der Waals surface area contributed by atoms with E-state index in [0.717, 1.165) is 18.9 Å². The molecular formula is C10H16Cl2N4. The Morgan fingerprint density at radius 1 is 1.25 bits per heavy atom. The number of nitrogens with zero attached hydrogens (tertiary/aromatic N) is 2. The van der Waals surface area contributed by atoms with Crippen LogP contribution in [0, 0.1) is 5.41 Å². The van der Waals surface area contributed by atoms with Gasteiger partial charge in [0.1, 0.15) is 11.7 Å². The van der Waals surface area contributed by atoms with E-state index in [9.17, 15) is 0 Å². The van der Waals surface area contributed by atoms with E-state index in [4.69, 9.17) is 11.1 Å². The van der Waals surface area contributed by atoms with Crippen LogP contribution >= 0.6 is 24.8 Å². The minimum atomic E-state index is 0. The second kappa shape index (κ2) is 6.55. The van der Waals surface area contributed by atoms with Crippen molar-refractivity contribution < 1.29 is 0 Å². The van der Waals surface area contributed by atoms with Crippen molar-refractivity contribution in [3.8, 4) is 0 Å². The molecule has 0 atom stereocenters. The monoisotopic (exact) mass is 262 g/mol. The van der Waals surface area contributed by atoms with Crippen LogP contribution in [0.4, 0.5) is 5.82 Å². The summed E-state index contributed by atoms with van der Waals surface area (Å²) in [7, 11) is 0. The number of nitrogens with two attached hydrogens (primary N) is 1. The molecular weight excluding hydrogens is 247 g/mol. The van der Waals surface area contributed by atoms with E-state index in [-0.39, 0.29) is 30.6 Å². The van der Waals surface area contributed by atoms with Crippen molar-refractivity contribution >= 4 is 36.5 Å². The normalized spacial score (nSPS) is 13.9. The maximum absolute atomic E-state index is 7.24. The van der Waals surface area contributed by atoms with Crippen LogP contribution in [0.2, 0.25) is 0 Å². The Morgan fingerprint density at radius 2 is 1.88 bits per heavy atom. The van der Waals surface area contributed by atoms with Gasteiger partial charge in [-0.15, -0.1) is 24.8 Å². The molecule has 0 amide bonds. The average molecular weight is 263 g/mol. The van der Waals surface area contributed by atoms with Gasteiger partial charge in [0.25, 0.3) is 0 Å². The number of pyridine rings is 1. The summed E-state index contributed by atoms with van der Waals surface area (Å²) in [5, 5.41) is 7.24. The summed E-state index contributed by atoms with van der Waals surface area (Å²) in [6.07, 6.45) is 4.16. The largest absolute Gasteiger partial charge is 0.384 e. The smallest absolute Gasteiger partial charge is 0.128 e. The lowest BCUT2D eigenvalue weighted by Crippen LogP contribution is -2.19. The summed E-state index contributed by atoms with van der Waals surface area (Å²) in [4.78, 5) is 6.54. The first-order valence-corrected chi connectivity index (χ1v) is 4.83. The van der Waals surface area contributed by atoms with Gasteiger partial charge in [0, 0.05) is 24.8 Å². The molecule has 6 heteroatoms. The molecule has 0 aromatic carbocycles. The molecule has 2 rings (SSSR count). The number of aromatic nitrogens is 1. The van der Waals surface area contributed by atoms with Crippen LogP contribution in [0.3, 0.4) is 0 Å². The van der Waals surface area contributed by atoms with Crippen LogP contribution in [0.1, 0.15) is 18.4 Å². The molecule has 4 nitrogen and oxygen atoms in total. The molecule has 1 fully saturated rings. The molecule has 90 valence electrons. The fourth-order valence-corrected chi connectivity index (χ4v) is 1.68. The minimum Gasteiger partial charge on any atom is -0.384 e. The molecule has 0 bridgehead atoms. The van der Waals surface area contributed by atoms with Gasteiger partial charge >= 0.3 is 0 Å². The van der Waals surface area contributed by atoms with Crippen LogP contribution in [0.25, 0.3) is 0 Å². The van der Waals surface area contributed by atoms with Gasteiger partial charge < -0.3 is 10.6 Å². The van der Waals surface area contributed by atoms with Crippen molar-refractivity contribution in [2.75, 3.05) is 18.0 Å². The molecule has 16 heavy (non-hydrogen) atoms. The number of anilines is 1. The fraction of sp³-hybridized carbons (Fsp3) is 0.400. The Kier molecular flexibility index (Phi) is 6.14. The minimum absolute atomic E-state index is 0. The van der Waals surface area contributed by atoms with E-state index in [1.165, 1.54) is 12.8 Å². The van der Waals surface area contributed by atoms with E-state index in [2.05, 4.69) is 9.88 Å². The Bertz CT molecular complexity index is 333. The molecule has 3 N–H and O–H groups in total. The van der Waals surface area contributed by atoms with Gasteiger partial charge in [-0.2, -0.15) is 0 Å². The number of nitrogen functional groups attached to an aromatic ring is 1. The summed E-state index contributed by atoms with van der Waals surface area (Å²) in [6.45, 7) is 2.18. The Hall–Kier alpha value is -1.00. The molecule has 0 unspecified atom stereocenters. The molecule has 0 spiro atoms. The Morgan fingerprint density at radius 3 is 2.31 bits per heavy atom. The predicted molar refractivity (Wildman–Crippen MR) is 71.2 cm³/mol. The van der Waals surface area contributed by atoms with E-state index < -0.39 is 0 Å². The Balaban J connectivity index is 0.00000112. The molecule has 1 aliphatic rings. The first-order valence-electron chi connectivity index (χ1n) is 4.83. The Labute approximate surface area is 108 Å². The third-order valence-corrected chi connectivity index (χ3v) is 2.49. The highest BCUT2D eigenvalue weighted by atomic mass is 35.5. The van der Waals surface area contributed by atoms with Crippen molar-refractivity contribution in [1.29, 1.82) is 5.41 Å². The lowest BCUT2D eigenvalue weighted by Gasteiger charge is -2.15. The van der Waals surface area contributed by atoms with Crippen molar-refractivity contribution in [2.24, 2.45) is 5.73 Å².